The molecule has 0 saturated heterocycles. The first-order valence-electron chi connectivity index (χ1n) is 9.94. The third kappa shape index (κ3) is 2.85. The fourth-order valence-electron chi connectivity index (χ4n) is 3.95. The highest BCUT2D eigenvalue weighted by molar-refractivity contribution is 6.09. The third-order valence-corrected chi connectivity index (χ3v) is 5.61. The summed E-state index contributed by atoms with van der Waals surface area (Å²) in [5.41, 5.74) is 3.02. The van der Waals surface area contributed by atoms with E-state index in [0.717, 1.165) is 40.7 Å². The molecule has 0 fully saturated rings. The molecule has 2 aromatic carbocycles. The number of furan rings is 1. The number of nitrogens with zero attached hydrogens (tertiary/aromatic N) is 4. The third-order valence-electron chi connectivity index (χ3n) is 5.61. The second-order valence-corrected chi connectivity index (χ2v) is 7.51. The summed E-state index contributed by atoms with van der Waals surface area (Å²) in [5, 5.41) is 0.870. The van der Waals surface area contributed by atoms with E-state index in [1.807, 2.05) is 56.4 Å². The summed E-state index contributed by atoms with van der Waals surface area (Å²) >= 11 is 0. The molecule has 0 radical (unpaired) electrons. The number of para-hydroxylation sites is 2. The van der Waals surface area contributed by atoms with Crippen molar-refractivity contribution >= 4 is 39.5 Å². The minimum Gasteiger partial charge on any atom is -0.497 e. The van der Waals surface area contributed by atoms with Gasteiger partial charge in [-0.15, -0.1) is 0 Å². The summed E-state index contributed by atoms with van der Waals surface area (Å²) < 4.78 is 11.3. The van der Waals surface area contributed by atoms with Gasteiger partial charge in [0.15, 0.2) is 17.4 Å². The Kier molecular flexibility index (Phi) is 4.31. The predicted octanol–water partition coefficient (Wildman–Crippen LogP) is 4.18. The second-order valence-electron chi connectivity index (χ2n) is 7.51. The Labute approximate surface area is 173 Å². The van der Waals surface area contributed by atoms with Gasteiger partial charge in [-0.3, -0.25) is 9.69 Å². The van der Waals surface area contributed by atoms with Gasteiger partial charge < -0.3 is 14.1 Å². The van der Waals surface area contributed by atoms with Crippen molar-refractivity contribution in [3.8, 4) is 5.75 Å². The number of aryl methyl sites for hydroxylation is 1. The molecule has 0 aliphatic carbocycles. The Morgan fingerprint density at radius 3 is 2.53 bits per heavy atom. The van der Waals surface area contributed by atoms with Gasteiger partial charge in [0.2, 0.25) is 0 Å². The summed E-state index contributed by atoms with van der Waals surface area (Å²) in [5.74, 6) is 2.11. The van der Waals surface area contributed by atoms with E-state index in [2.05, 4.69) is 4.90 Å². The zero-order chi connectivity index (χ0) is 20.8. The summed E-state index contributed by atoms with van der Waals surface area (Å²) in [6.07, 6.45) is 0.809. The van der Waals surface area contributed by atoms with E-state index in [4.69, 9.17) is 19.1 Å². The van der Waals surface area contributed by atoms with Crippen LogP contribution in [0.2, 0.25) is 0 Å². The lowest BCUT2D eigenvalue weighted by Gasteiger charge is -2.22. The maximum Gasteiger partial charge on any atom is 0.295 e. The monoisotopic (exact) mass is 402 g/mol. The molecule has 0 spiro atoms. The van der Waals surface area contributed by atoms with Crippen molar-refractivity contribution in [2.24, 2.45) is 0 Å². The average molecular weight is 402 g/mol. The SMILES string of the molecule is COc1ccc2oc(C(=O)N3CCCN(C)c4nc5ccccc5nc43)c(C)c2c1. The Hall–Kier alpha value is -3.61. The summed E-state index contributed by atoms with van der Waals surface area (Å²) in [6, 6.07) is 13.3. The number of carbonyl (C=O) groups is 1. The molecule has 0 N–H and O–H groups in total. The molecule has 0 atom stereocenters. The van der Waals surface area contributed by atoms with Gasteiger partial charge in [-0.2, -0.15) is 0 Å². The van der Waals surface area contributed by atoms with Gasteiger partial charge in [-0.1, -0.05) is 12.1 Å². The topological polar surface area (TPSA) is 71.7 Å². The van der Waals surface area contributed by atoms with Crippen molar-refractivity contribution in [2.45, 2.75) is 13.3 Å². The van der Waals surface area contributed by atoms with Crippen LogP contribution in [-0.2, 0) is 0 Å². The molecule has 1 amide bonds. The molecule has 0 bridgehead atoms. The van der Waals surface area contributed by atoms with Crippen LogP contribution in [0.15, 0.2) is 46.9 Å². The van der Waals surface area contributed by atoms with E-state index in [1.54, 1.807) is 12.0 Å². The second kappa shape index (κ2) is 7.02. The molecule has 7 heteroatoms. The standard InChI is InChI=1S/C23H22N4O3/c1-14-16-13-15(29-3)9-10-19(16)30-20(14)23(28)27-12-6-11-26(2)21-22(27)25-18-8-5-4-7-17(18)24-21/h4-5,7-10,13H,6,11-12H2,1-3H3. The Morgan fingerprint density at radius 1 is 1.07 bits per heavy atom. The smallest absolute Gasteiger partial charge is 0.295 e. The van der Waals surface area contributed by atoms with Gasteiger partial charge in [0.05, 0.1) is 18.1 Å². The van der Waals surface area contributed by atoms with Crippen LogP contribution in [0.1, 0.15) is 22.5 Å². The number of amides is 1. The van der Waals surface area contributed by atoms with Crippen LogP contribution in [-0.4, -0.2) is 43.1 Å². The zero-order valence-corrected chi connectivity index (χ0v) is 17.2. The minimum absolute atomic E-state index is 0.205. The normalized spacial score (nSPS) is 14.1. The van der Waals surface area contributed by atoms with Crippen LogP contribution in [0, 0.1) is 6.92 Å². The van der Waals surface area contributed by atoms with E-state index in [-0.39, 0.29) is 5.91 Å². The lowest BCUT2D eigenvalue weighted by atomic mass is 10.1. The van der Waals surface area contributed by atoms with Crippen molar-refractivity contribution in [1.82, 2.24) is 9.97 Å². The summed E-state index contributed by atoms with van der Waals surface area (Å²) in [6.45, 7) is 3.23. The van der Waals surface area contributed by atoms with Gasteiger partial charge in [0.1, 0.15) is 11.3 Å². The van der Waals surface area contributed by atoms with Crippen LogP contribution in [0.3, 0.4) is 0 Å². The quantitative estimate of drug-likeness (QED) is 0.501. The summed E-state index contributed by atoms with van der Waals surface area (Å²) in [4.78, 5) is 27.0. The Morgan fingerprint density at radius 2 is 1.80 bits per heavy atom. The molecule has 152 valence electrons. The number of methoxy groups -OCH3 is 1. The average Bonchev–Trinajstić information content (AvgIpc) is 3.01. The molecular formula is C23H22N4O3. The number of aromatic nitrogens is 2. The van der Waals surface area contributed by atoms with Crippen molar-refractivity contribution in [1.29, 1.82) is 0 Å². The lowest BCUT2D eigenvalue weighted by Crippen LogP contribution is -2.32. The zero-order valence-electron chi connectivity index (χ0n) is 17.2. The van der Waals surface area contributed by atoms with Gasteiger partial charge in [0, 0.05) is 31.1 Å². The van der Waals surface area contributed by atoms with Crippen LogP contribution >= 0.6 is 0 Å². The molecule has 1 aliphatic heterocycles. The number of hydrogen-bond donors (Lipinski definition) is 0. The van der Waals surface area contributed by atoms with Gasteiger partial charge in [-0.05, 0) is 43.7 Å². The molecule has 5 rings (SSSR count). The lowest BCUT2D eigenvalue weighted by molar-refractivity contribution is 0.0961. The number of benzene rings is 2. The molecule has 1 aliphatic rings. The van der Waals surface area contributed by atoms with Crippen LogP contribution < -0.4 is 14.5 Å². The predicted molar refractivity (Wildman–Crippen MR) is 117 cm³/mol. The van der Waals surface area contributed by atoms with Crippen molar-refractivity contribution in [2.75, 3.05) is 37.0 Å². The number of anilines is 2. The van der Waals surface area contributed by atoms with Crippen LogP contribution in [0.25, 0.3) is 22.0 Å². The minimum atomic E-state index is -0.205. The molecule has 2 aromatic heterocycles. The van der Waals surface area contributed by atoms with E-state index < -0.39 is 0 Å². The first kappa shape index (κ1) is 18.4. The van der Waals surface area contributed by atoms with Crippen LogP contribution in [0.5, 0.6) is 5.75 Å². The Balaban J connectivity index is 1.64. The maximum atomic E-state index is 13.6. The maximum absolute atomic E-state index is 13.6. The number of carbonyl (C=O) groups excluding carboxylic acids is 1. The molecule has 0 saturated carbocycles. The first-order valence-corrected chi connectivity index (χ1v) is 9.94. The molecule has 4 aromatic rings. The fourth-order valence-corrected chi connectivity index (χ4v) is 3.95. The van der Waals surface area contributed by atoms with E-state index in [0.29, 0.717) is 29.5 Å². The van der Waals surface area contributed by atoms with Crippen molar-refractivity contribution in [3.63, 3.8) is 0 Å². The van der Waals surface area contributed by atoms with Gasteiger partial charge in [0.25, 0.3) is 5.91 Å². The molecular weight excluding hydrogens is 380 g/mol. The molecule has 7 nitrogen and oxygen atoms in total. The summed E-state index contributed by atoms with van der Waals surface area (Å²) in [7, 11) is 3.60. The van der Waals surface area contributed by atoms with E-state index in [9.17, 15) is 4.79 Å². The van der Waals surface area contributed by atoms with Gasteiger partial charge in [-0.25, -0.2) is 9.97 Å². The highest BCUT2D eigenvalue weighted by Gasteiger charge is 2.30. The number of hydrogen-bond acceptors (Lipinski definition) is 6. The molecule has 3 heterocycles. The number of rotatable bonds is 2. The number of ether oxygens (including phenoxy) is 1. The van der Waals surface area contributed by atoms with E-state index in [1.165, 1.54) is 0 Å². The fraction of sp³-hybridized carbons (Fsp3) is 0.261. The largest absolute Gasteiger partial charge is 0.497 e. The first-order chi connectivity index (χ1) is 14.6. The van der Waals surface area contributed by atoms with Crippen molar-refractivity contribution < 1.29 is 13.9 Å². The highest BCUT2D eigenvalue weighted by Crippen LogP contribution is 2.34. The highest BCUT2D eigenvalue weighted by atomic mass is 16.5. The van der Waals surface area contributed by atoms with Gasteiger partial charge >= 0.3 is 0 Å². The van der Waals surface area contributed by atoms with Crippen molar-refractivity contribution in [3.05, 3.63) is 53.8 Å². The number of fused-ring (bicyclic) bond motifs is 3. The molecule has 30 heavy (non-hydrogen) atoms. The van der Waals surface area contributed by atoms with E-state index >= 15 is 0 Å². The molecule has 0 unspecified atom stereocenters. The Bertz CT molecular complexity index is 1280. The van der Waals surface area contributed by atoms with Crippen LogP contribution in [0.4, 0.5) is 11.6 Å².